The van der Waals surface area contributed by atoms with Crippen LogP contribution in [-0.2, 0) is 20.4 Å². The van der Waals surface area contributed by atoms with Gasteiger partial charge in [-0.25, -0.2) is 9.97 Å². The van der Waals surface area contributed by atoms with E-state index < -0.39 is 5.41 Å². The van der Waals surface area contributed by atoms with Gasteiger partial charge in [-0.2, -0.15) is 0 Å². The molecule has 0 unspecified atom stereocenters. The zero-order chi connectivity index (χ0) is 18.2. The lowest BCUT2D eigenvalue weighted by Crippen LogP contribution is -2.55. The normalized spacial score (nSPS) is 32.0. The SMILES string of the molecule is CC1(C)[C@@]2(C)CC[C@@]1(C(=O)N1CCOCC1)c1nc3ccccc3nc12. The van der Waals surface area contributed by atoms with E-state index in [0.29, 0.717) is 26.3 Å². The Morgan fingerprint density at radius 2 is 1.62 bits per heavy atom. The van der Waals surface area contributed by atoms with Crippen LogP contribution in [0, 0.1) is 5.41 Å². The molecule has 1 amide bonds. The number of ether oxygens (including phenoxy) is 1. The monoisotopic (exact) mass is 351 g/mol. The van der Waals surface area contributed by atoms with Gasteiger partial charge < -0.3 is 9.64 Å². The van der Waals surface area contributed by atoms with Crippen molar-refractivity contribution in [3.63, 3.8) is 0 Å². The number of aromatic nitrogens is 2. The van der Waals surface area contributed by atoms with E-state index in [4.69, 9.17) is 14.7 Å². The summed E-state index contributed by atoms with van der Waals surface area (Å²) in [7, 11) is 0. The van der Waals surface area contributed by atoms with Gasteiger partial charge in [0.15, 0.2) is 0 Å². The van der Waals surface area contributed by atoms with E-state index in [9.17, 15) is 4.79 Å². The molecule has 136 valence electrons. The number of carbonyl (C=O) groups is 1. The largest absolute Gasteiger partial charge is 0.378 e. The van der Waals surface area contributed by atoms with Gasteiger partial charge in [-0.1, -0.05) is 32.9 Å². The Labute approximate surface area is 153 Å². The number of nitrogens with zero attached hydrogens (tertiary/aromatic N) is 3. The van der Waals surface area contributed by atoms with E-state index in [1.165, 1.54) is 0 Å². The summed E-state index contributed by atoms with van der Waals surface area (Å²) in [4.78, 5) is 25.9. The minimum Gasteiger partial charge on any atom is -0.378 e. The van der Waals surface area contributed by atoms with Crippen molar-refractivity contribution in [1.29, 1.82) is 0 Å². The van der Waals surface area contributed by atoms with Gasteiger partial charge in [0, 0.05) is 18.5 Å². The second-order valence-electron chi connectivity index (χ2n) is 8.68. The molecule has 0 radical (unpaired) electrons. The van der Waals surface area contributed by atoms with Crippen molar-refractivity contribution in [3.8, 4) is 0 Å². The predicted octanol–water partition coefficient (Wildman–Crippen LogP) is 2.82. The lowest BCUT2D eigenvalue weighted by atomic mass is 9.63. The first-order valence-corrected chi connectivity index (χ1v) is 9.57. The van der Waals surface area contributed by atoms with E-state index in [0.717, 1.165) is 35.3 Å². The van der Waals surface area contributed by atoms with Crippen molar-refractivity contribution in [2.45, 2.75) is 44.4 Å². The van der Waals surface area contributed by atoms with Gasteiger partial charge in [-0.15, -0.1) is 0 Å². The first kappa shape index (κ1) is 16.2. The molecule has 5 heteroatoms. The van der Waals surface area contributed by atoms with Gasteiger partial charge >= 0.3 is 0 Å². The lowest BCUT2D eigenvalue weighted by molar-refractivity contribution is -0.145. The molecule has 1 saturated heterocycles. The highest BCUT2D eigenvalue weighted by Gasteiger charge is 2.73. The summed E-state index contributed by atoms with van der Waals surface area (Å²) in [5.74, 6) is 0.220. The topological polar surface area (TPSA) is 55.3 Å². The van der Waals surface area contributed by atoms with Crippen LogP contribution in [0.4, 0.5) is 0 Å². The summed E-state index contributed by atoms with van der Waals surface area (Å²) < 4.78 is 5.47. The van der Waals surface area contributed by atoms with Crippen LogP contribution in [0.1, 0.15) is 45.0 Å². The molecule has 5 nitrogen and oxygen atoms in total. The van der Waals surface area contributed by atoms with E-state index in [-0.39, 0.29) is 16.7 Å². The number of rotatable bonds is 1. The van der Waals surface area contributed by atoms with Crippen molar-refractivity contribution < 1.29 is 9.53 Å². The highest BCUT2D eigenvalue weighted by molar-refractivity contribution is 5.93. The van der Waals surface area contributed by atoms with Gasteiger partial charge in [0.05, 0.1) is 41.1 Å². The van der Waals surface area contributed by atoms with Crippen molar-refractivity contribution in [1.82, 2.24) is 14.9 Å². The van der Waals surface area contributed by atoms with Gasteiger partial charge in [0.25, 0.3) is 0 Å². The summed E-state index contributed by atoms with van der Waals surface area (Å²) in [5, 5.41) is 0. The molecule has 0 N–H and O–H groups in total. The van der Waals surface area contributed by atoms with Gasteiger partial charge in [0.1, 0.15) is 0 Å². The minimum absolute atomic E-state index is 0.124. The molecular weight excluding hydrogens is 326 g/mol. The second kappa shape index (κ2) is 5.03. The summed E-state index contributed by atoms with van der Waals surface area (Å²) in [6.45, 7) is 9.34. The van der Waals surface area contributed by atoms with Gasteiger partial charge in [-0.3, -0.25) is 4.79 Å². The maximum atomic E-state index is 13.8. The fraction of sp³-hybridized carbons (Fsp3) is 0.571. The highest BCUT2D eigenvalue weighted by atomic mass is 16.5. The highest BCUT2D eigenvalue weighted by Crippen LogP contribution is 2.70. The Balaban J connectivity index is 1.75. The number of morpholine rings is 1. The fourth-order valence-corrected chi connectivity index (χ4v) is 5.56. The number of hydrogen-bond donors (Lipinski definition) is 0. The Kier molecular flexibility index (Phi) is 3.13. The number of carbonyl (C=O) groups excluding carboxylic acids is 1. The molecule has 5 rings (SSSR count). The van der Waals surface area contributed by atoms with E-state index >= 15 is 0 Å². The third kappa shape index (κ3) is 1.68. The third-order valence-corrected chi connectivity index (χ3v) is 7.61. The molecule has 2 atom stereocenters. The lowest BCUT2D eigenvalue weighted by Gasteiger charge is -2.43. The predicted molar refractivity (Wildman–Crippen MR) is 99.0 cm³/mol. The maximum Gasteiger partial charge on any atom is 0.235 e. The van der Waals surface area contributed by atoms with Crippen LogP contribution in [-0.4, -0.2) is 47.1 Å². The number of fused-ring (bicyclic) bond motifs is 6. The summed E-state index contributed by atoms with van der Waals surface area (Å²) in [6.07, 6.45) is 1.84. The quantitative estimate of drug-likeness (QED) is 0.793. The van der Waals surface area contributed by atoms with Crippen LogP contribution in [0.3, 0.4) is 0 Å². The van der Waals surface area contributed by atoms with E-state index in [1.807, 2.05) is 29.2 Å². The number of benzene rings is 1. The molecule has 1 aromatic heterocycles. The minimum atomic E-state index is -0.578. The Morgan fingerprint density at radius 3 is 2.27 bits per heavy atom. The molecule has 0 spiro atoms. The summed E-state index contributed by atoms with van der Waals surface area (Å²) in [6, 6.07) is 8.00. The first-order chi connectivity index (χ1) is 12.4. The molecule has 1 aromatic carbocycles. The Bertz CT molecular complexity index is 919. The molecule has 2 aromatic rings. The van der Waals surface area contributed by atoms with Gasteiger partial charge in [0.2, 0.25) is 5.91 Å². The third-order valence-electron chi connectivity index (χ3n) is 7.61. The maximum absolute atomic E-state index is 13.8. The van der Waals surface area contributed by atoms with Crippen molar-refractivity contribution >= 4 is 16.9 Å². The zero-order valence-corrected chi connectivity index (χ0v) is 15.7. The van der Waals surface area contributed by atoms with Crippen LogP contribution in [0.5, 0.6) is 0 Å². The Hall–Kier alpha value is -2.01. The average molecular weight is 351 g/mol. The number of amides is 1. The van der Waals surface area contributed by atoms with E-state index in [1.54, 1.807) is 0 Å². The van der Waals surface area contributed by atoms with E-state index in [2.05, 4.69) is 20.8 Å². The molecule has 1 aliphatic heterocycles. The molecule has 26 heavy (non-hydrogen) atoms. The van der Waals surface area contributed by atoms with Crippen LogP contribution < -0.4 is 0 Å². The zero-order valence-electron chi connectivity index (χ0n) is 15.7. The van der Waals surface area contributed by atoms with Gasteiger partial charge in [-0.05, 0) is 30.4 Å². The van der Waals surface area contributed by atoms with Crippen LogP contribution in [0.15, 0.2) is 24.3 Å². The molecule has 2 heterocycles. The standard InChI is InChI=1S/C21H25N3O2/c1-19(2)20(3)8-9-21(19,18(25)24-10-12-26-13-11-24)17-16(20)22-14-6-4-5-7-15(14)23-17/h4-7H,8-13H2,1-3H3/t20-,21-/m0/s1. The molecule has 1 saturated carbocycles. The van der Waals surface area contributed by atoms with Crippen molar-refractivity contribution in [3.05, 3.63) is 35.7 Å². The molecular formula is C21H25N3O2. The fourth-order valence-electron chi connectivity index (χ4n) is 5.56. The smallest absolute Gasteiger partial charge is 0.235 e. The van der Waals surface area contributed by atoms with Crippen molar-refractivity contribution in [2.24, 2.45) is 5.41 Å². The second-order valence-corrected chi connectivity index (χ2v) is 8.68. The van der Waals surface area contributed by atoms with Crippen LogP contribution >= 0.6 is 0 Å². The summed E-state index contributed by atoms with van der Waals surface area (Å²) >= 11 is 0. The van der Waals surface area contributed by atoms with Crippen molar-refractivity contribution in [2.75, 3.05) is 26.3 Å². The Morgan fingerprint density at radius 1 is 1.00 bits per heavy atom. The number of para-hydroxylation sites is 2. The number of hydrogen-bond acceptors (Lipinski definition) is 4. The molecule has 2 fully saturated rings. The average Bonchev–Trinajstić information content (AvgIpc) is 2.96. The summed E-state index contributed by atoms with van der Waals surface area (Å²) in [5.41, 5.74) is 2.85. The van der Waals surface area contributed by atoms with Crippen LogP contribution in [0.2, 0.25) is 0 Å². The first-order valence-electron chi connectivity index (χ1n) is 9.57. The molecule has 2 bridgehead atoms. The molecule has 2 aliphatic carbocycles. The van der Waals surface area contributed by atoms with Crippen LogP contribution in [0.25, 0.3) is 11.0 Å². The molecule has 3 aliphatic rings.